The van der Waals surface area contributed by atoms with Gasteiger partial charge in [-0.3, -0.25) is 0 Å². The second-order valence-electron chi connectivity index (χ2n) is 7.15. The molecule has 0 saturated carbocycles. The zero-order valence-corrected chi connectivity index (χ0v) is 17.7. The fraction of sp³-hybridized carbons (Fsp3) is 0.174. The molecule has 3 aromatic carbocycles. The molecular formula is C23H21ClN4O2. The summed E-state index contributed by atoms with van der Waals surface area (Å²) >= 11 is 5.98. The Balaban J connectivity index is 1.60. The van der Waals surface area contributed by atoms with Crippen LogP contribution in [0.3, 0.4) is 0 Å². The highest BCUT2D eigenvalue weighted by Crippen LogP contribution is 2.28. The van der Waals surface area contributed by atoms with E-state index in [1.807, 2.05) is 68.4 Å². The molecule has 0 unspecified atom stereocenters. The van der Waals surface area contributed by atoms with Crippen LogP contribution in [0, 0.1) is 13.8 Å². The molecule has 0 amide bonds. The van der Waals surface area contributed by atoms with E-state index < -0.39 is 0 Å². The van der Waals surface area contributed by atoms with Gasteiger partial charge >= 0.3 is 5.69 Å². The standard InChI is InChI=1S/C23H21ClN4O2/c1-15-5-4-6-21(28-23(29)27(3)25-26-28)20(15)14-30-22-12-9-18(13-16(22)2)17-7-10-19(24)11-8-17/h4-13H,14H2,1-3H3. The van der Waals surface area contributed by atoms with Crippen LogP contribution in [0.15, 0.2) is 65.5 Å². The molecule has 4 aromatic rings. The van der Waals surface area contributed by atoms with Crippen LogP contribution in [0.5, 0.6) is 5.75 Å². The number of aryl methyl sites for hydroxylation is 3. The molecule has 0 bridgehead atoms. The molecule has 4 rings (SSSR count). The summed E-state index contributed by atoms with van der Waals surface area (Å²) in [5.74, 6) is 0.786. The van der Waals surface area contributed by atoms with Gasteiger partial charge in [-0.25, -0.2) is 4.79 Å². The van der Waals surface area contributed by atoms with Crippen molar-refractivity contribution in [2.45, 2.75) is 20.5 Å². The van der Waals surface area contributed by atoms with E-state index >= 15 is 0 Å². The average molecular weight is 421 g/mol. The van der Waals surface area contributed by atoms with Crippen LogP contribution in [-0.4, -0.2) is 19.8 Å². The largest absolute Gasteiger partial charge is 0.489 e. The molecule has 6 nitrogen and oxygen atoms in total. The first-order chi connectivity index (χ1) is 14.4. The molecule has 0 spiro atoms. The van der Waals surface area contributed by atoms with E-state index in [0.717, 1.165) is 33.6 Å². The number of ether oxygens (including phenoxy) is 1. The Hall–Kier alpha value is -3.38. The van der Waals surface area contributed by atoms with Gasteiger partial charge in [0.25, 0.3) is 0 Å². The maximum atomic E-state index is 12.3. The number of rotatable bonds is 5. The van der Waals surface area contributed by atoms with Crippen LogP contribution in [-0.2, 0) is 13.7 Å². The van der Waals surface area contributed by atoms with Gasteiger partial charge in [-0.1, -0.05) is 41.9 Å². The summed E-state index contributed by atoms with van der Waals surface area (Å²) in [6.07, 6.45) is 0. The minimum atomic E-state index is -0.301. The number of aromatic nitrogens is 4. The molecule has 0 aliphatic rings. The quantitative estimate of drug-likeness (QED) is 0.477. The molecule has 0 fully saturated rings. The Kier molecular flexibility index (Phi) is 5.42. The number of hydrogen-bond donors (Lipinski definition) is 0. The van der Waals surface area contributed by atoms with Crippen molar-refractivity contribution < 1.29 is 4.74 Å². The van der Waals surface area contributed by atoms with Crippen molar-refractivity contribution >= 4 is 11.6 Å². The molecule has 0 aliphatic heterocycles. The van der Waals surface area contributed by atoms with Gasteiger partial charge < -0.3 is 4.74 Å². The lowest BCUT2D eigenvalue weighted by atomic mass is 10.0. The molecule has 0 atom stereocenters. The number of hydrogen-bond acceptors (Lipinski definition) is 4. The first-order valence-electron chi connectivity index (χ1n) is 9.51. The highest BCUT2D eigenvalue weighted by atomic mass is 35.5. The highest BCUT2D eigenvalue weighted by molar-refractivity contribution is 6.30. The molecule has 30 heavy (non-hydrogen) atoms. The van der Waals surface area contributed by atoms with Gasteiger partial charge in [-0.15, -0.1) is 0 Å². The van der Waals surface area contributed by atoms with Crippen molar-refractivity contribution in [1.82, 2.24) is 19.8 Å². The SMILES string of the molecule is Cc1cc(-c2ccc(Cl)cc2)ccc1OCc1c(C)cccc1-n1nnn(C)c1=O. The number of tetrazole rings is 1. The van der Waals surface area contributed by atoms with E-state index in [-0.39, 0.29) is 5.69 Å². The summed E-state index contributed by atoms with van der Waals surface area (Å²) in [6.45, 7) is 4.31. The van der Waals surface area contributed by atoms with Crippen molar-refractivity contribution in [2.75, 3.05) is 0 Å². The number of halogens is 1. The Labute approximate surface area is 179 Å². The van der Waals surface area contributed by atoms with Crippen LogP contribution >= 0.6 is 11.6 Å². The molecule has 152 valence electrons. The summed E-state index contributed by atoms with van der Waals surface area (Å²) in [7, 11) is 1.57. The van der Waals surface area contributed by atoms with Gasteiger partial charge in [0.2, 0.25) is 0 Å². The second kappa shape index (κ2) is 8.16. The Bertz CT molecular complexity index is 1260. The van der Waals surface area contributed by atoms with Crippen molar-refractivity contribution in [1.29, 1.82) is 0 Å². The smallest absolute Gasteiger partial charge is 0.368 e. The lowest BCUT2D eigenvalue weighted by Crippen LogP contribution is -2.23. The zero-order chi connectivity index (χ0) is 21.3. The van der Waals surface area contributed by atoms with Crippen LogP contribution in [0.1, 0.15) is 16.7 Å². The molecule has 0 aliphatic carbocycles. The van der Waals surface area contributed by atoms with E-state index in [1.54, 1.807) is 7.05 Å². The summed E-state index contributed by atoms with van der Waals surface area (Å²) in [6, 6.07) is 19.6. The van der Waals surface area contributed by atoms with Gasteiger partial charge in [-0.05, 0) is 76.9 Å². The van der Waals surface area contributed by atoms with Gasteiger partial charge in [0.05, 0.1) is 5.69 Å². The van der Waals surface area contributed by atoms with Crippen LogP contribution in [0.25, 0.3) is 16.8 Å². The number of nitrogens with zero attached hydrogens (tertiary/aromatic N) is 4. The van der Waals surface area contributed by atoms with Gasteiger partial charge in [-0.2, -0.15) is 9.36 Å². The van der Waals surface area contributed by atoms with E-state index in [0.29, 0.717) is 17.3 Å². The summed E-state index contributed by atoms with van der Waals surface area (Å²) in [5.41, 5.74) is 5.49. The normalized spacial score (nSPS) is 10.9. The second-order valence-corrected chi connectivity index (χ2v) is 7.58. The Morgan fingerprint density at radius 2 is 1.67 bits per heavy atom. The number of benzene rings is 3. The molecule has 0 radical (unpaired) electrons. The van der Waals surface area contributed by atoms with E-state index in [9.17, 15) is 4.79 Å². The fourth-order valence-electron chi connectivity index (χ4n) is 3.32. The molecule has 1 aromatic heterocycles. The Morgan fingerprint density at radius 1 is 0.933 bits per heavy atom. The van der Waals surface area contributed by atoms with E-state index in [2.05, 4.69) is 16.5 Å². The lowest BCUT2D eigenvalue weighted by molar-refractivity contribution is 0.302. The summed E-state index contributed by atoms with van der Waals surface area (Å²) < 4.78 is 8.63. The molecular weight excluding hydrogens is 400 g/mol. The molecule has 0 saturated heterocycles. The van der Waals surface area contributed by atoms with Crippen LogP contribution in [0.2, 0.25) is 5.02 Å². The fourth-order valence-corrected chi connectivity index (χ4v) is 3.45. The minimum absolute atomic E-state index is 0.301. The van der Waals surface area contributed by atoms with E-state index in [1.165, 1.54) is 9.36 Å². The molecule has 7 heteroatoms. The van der Waals surface area contributed by atoms with Crippen LogP contribution < -0.4 is 10.4 Å². The maximum absolute atomic E-state index is 12.3. The summed E-state index contributed by atoms with van der Waals surface area (Å²) in [5, 5.41) is 8.49. The molecule has 1 heterocycles. The van der Waals surface area contributed by atoms with Crippen LogP contribution in [0.4, 0.5) is 0 Å². The maximum Gasteiger partial charge on any atom is 0.368 e. The average Bonchev–Trinajstić information content (AvgIpc) is 3.07. The predicted molar refractivity (Wildman–Crippen MR) is 117 cm³/mol. The monoisotopic (exact) mass is 420 g/mol. The van der Waals surface area contributed by atoms with E-state index in [4.69, 9.17) is 16.3 Å². The van der Waals surface area contributed by atoms with Gasteiger partial charge in [0, 0.05) is 17.6 Å². The first-order valence-corrected chi connectivity index (χ1v) is 9.89. The van der Waals surface area contributed by atoms with Gasteiger partial charge in [0.1, 0.15) is 12.4 Å². The topological polar surface area (TPSA) is 61.9 Å². The van der Waals surface area contributed by atoms with Crippen molar-refractivity contribution in [3.63, 3.8) is 0 Å². The lowest BCUT2D eigenvalue weighted by Gasteiger charge is -2.15. The van der Waals surface area contributed by atoms with Gasteiger partial charge in [0.15, 0.2) is 0 Å². The summed E-state index contributed by atoms with van der Waals surface area (Å²) in [4.78, 5) is 12.3. The predicted octanol–water partition coefficient (Wildman–Crippen LogP) is 4.48. The third-order valence-corrected chi connectivity index (χ3v) is 5.31. The Morgan fingerprint density at radius 3 is 2.33 bits per heavy atom. The third-order valence-electron chi connectivity index (χ3n) is 5.06. The highest BCUT2D eigenvalue weighted by Gasteiger charge is 2.14. The third kappa shape index (κ3) is 3.86. The van der Waals surface area contributed by atoms with Crippen molar-refractivity contribution in [3.8, 4) is 22.6 Å². The van der Waals surface area contributed by atoms with Crippen molar-refractivity contribution in [2.24, 2.45) is 7.05 Å². The van der Waals surface area contributed by atoms with Crippen molar-refractivity contribution in [3.05, 3.63) is 92.9 Å². The minimum Gasteiger partial charge on any atom is -0.489 e. The zero-order valence-electron chi connectivity index (χ0n) is 17.0. The molecule has 0 N–H and O–H groups in total. The first kappa shape index (κ1) is 19.9.